The zero-order chi connectivity index (χ0) is 48.2. The molecule has 9 nitrogen and oxygen atoms in total. The Morgan fingerprint density at radius 1 is 0.691 bits per heavy atom. The number of hydrogen-bond donors (Lipinski definition) is 0. The highest BCUT2D eigenvalue weighted by molar-refractivity contribution is 5.95. The van der Waals surface area contributed by atoms with Gasteiger partial charge in [-0.2, -0.15) is 0 Å². The number of benzene rings is 4. The average Bonchev–Trinajstić information content (AvgIpc) is 3.96. The number of aromatic nitrogens is 3. The summed E-state index contributed by atoms with van der Waals surface area (Å²) >= 11 is 0. The first-order valence-corrected chi connectivity index (χ1v) is 23.0. The second-order valence-corrected chi connectivity index (χ2v) is 17.3. The summed E-state index contributed by atoms with van der Waals surface area (Å²) in [5.74, 6) is 3.26. The van der Waals surface area contributed by atoms with Gasteiger partial charge in [-0.25, -0.2) is 0 Å². The number of amides is 2. The standard InChI is InChI=1S/C28H27N3O2.C24H27N2O2.C7H7/c1-3-26(32)30-15-12-22(13-16-30)31-17-14-25-20(2)19-29-27(28(25)31)21-8-7-11-24(18-21)33-23-9-5-4-6-10-23;1-6-7-20-12-13-26(21-15-25(16-21)23(27)14-17(2)3)24(20)19(5)28-22-10-8-18(4)9-11-22;1-7-5-3-2-4-6-7/h3-11,14,17-19,22H,1,12-13,15-16H2,2H3;6-14,21H,1,4,15-16H2,2-3,5H3;2-6H,1H2/b;20-7-,24-19-;. The molecule has 68 heavy (non-hydrogen) atoms. The van der Waals surface area contributed by atoms with E-state index in [2.05, 4.69) is 73.7 Å². The van der Waals surface area contributed by atoms with Gasteiger partial charge in [0.2, 0.25) is 11.8 Å². The number of carbonyl (C=O) groups is 2. The monoisotopic (exact) mass is 903 g/mol. The van der Waals surface area contributed by atoms with Crippen LogP contribution in [0, 0.1) is 20.8 Å². The first-order chi connectivity index (χ1) is 32.9. The zero-order valence-electron chi connectivity index (χ0n) is 39.7. The van der Waals surface area contributed by atoms with Gasteiger partial charge in [0.25, 0.3) is 0 Å². The normalized spacial score (nSPS) is 14.4. The van der Waals surface area contributed by atoms with Crippen molar-refractivity contribution in [2.75, 3.05) is 26.2 Å². The molecule has 2 aliphatic heterocycles. The lowest BCUT2D eigenvalue weighted by molar-refractivity contribution is -0.131. The molecule has 2 saturated heterocycles. The lowest BCUT2D eigenvalue weighted by Crippen LogP contribution is -2.53. The van der Waals surface area contributed by atoms with Crippen molar-refractivity contribution in [3.05, 3.63) is 218 Å². The minimum Gasteiger partial charge on any atom is -0.460 e. The molecule has 0 atom stereocenters. The van der Waals surface area contributed by atoms with Crippen molar-refractivity contribution in [2.45, 2.75) is 52.6 Å². The maximum Gasteiger partial charge on any atom is 0.246 e. The van der Waals surface area contributed by atoms with Gasteiger partial charge in [0.1, 0.15) is 23.0 Å². The minimum atomic E-state index is 0.0132. The zero-order valence-corrected chi connectivity index (χ0v) is 39.7. The van der Waals surface area contributed by atoms with Crippen molar-refractivity contribution in [3.63, 3.8) is 0 Å². The predicted octanol–water partition coefficient (Wildman–Crippen LogP) is 11.2. The van der Waals surface area contributed by atoms with E-state index in [0.717, 1.165) is 98.5 Å². The number of allylic oxidation sites excluding steroid dienone is 2. The van der Waals surface area contributed by atoms with Crippen LogP contribution in [0.5, 0.6) is 17.2 Å². The lowest BCUT2D eigenvalue weighted by atomic mass is 10.0. The Kier molecular flexibility index (Phi) is 16.1. The molecule has 9 heteroatoms. The van der Waals surface area contributed by atoms with Gasteiger partial charge in [-0.15, -0.1) is 0 Å². The Labute approximate surface area is 401 Å². The Morgan fingerprint density at radius 3 is 1.97 bits per heavy atom. The quantitative estimate of drug-likeness (QED) is 0.128. The molecule has 9 rings (SSSR count). The molecule has 0 aliphatic carbocycles. The van der Waals surface area contributed by atoms with Gasteiger partial charge in [-0.05, 0) is 126 Å². The number of likely N-dealkylation sites (tertiary alicyclic amines) is 2. The van der Waals surface area contributed by atoms with Crippen molar-refractivity contribution in [1.82, 2.24) is 23.9 Å². The number of carbonyl (C=O) groups excluding carboxylic acids is 2. The summed E-state index contributed by atoms with van der Waals surface area (Å²) in [5, 5.41) is 3.27. The van der Waals surface area contributed by atoms with Gasteiger partial charge >= 0.3 is 0 Å². The van der Waals surface area contributed by atoms with Crippen LogP contribution in [-0.4, -0.2) is 61.9 Å². The highest BCUT2D eigenvalue weighted by atomic mass is 16.5. The molecule has 7 aromatic rings. The summed E-state index contributed by atoms with van der Waals surface area (Å²) in [6.07, 6.45) is 14.8. The molecule has 2 fully saturated rings. The Balaban J connectivity index is 0.000000178. The molecular formula is C59H61N5O4. The van der Waals surface area contributed by atoms with Gasteiger partial charge < -0.3 is 28.4 Å². The Morgan fingerprint density at radius 2 is 1.34 bits per heavy atom. The van der Waals surface area contributed by atoms with Crippen LogP contribution in [0.15, 0.2) is 177 Å². The van der Waals surface area contributed by atoms with Crippen LogP contribution in [0.1, 0.15) is 62.4 Å². The lowest BCUT2D eigenvalue weighted by Gasteiger charge is -2.39. The molecule has 5 heterocycles. The van der Waals surface area contributed by atoms with Gasteiger partial charge in [-0.1, -0.05) is 104 Å². The van der Waals surface area contributed by atoms with E-state index >= 15 is 0 Å². The molecule has 0 unspecified atom stereocenters. The Bertz CT molecular complexity index is 3000. The number of nitrogens with zero attached hydrogens (tertiary/aromatic N) is 5. The SMILES string of the molecule is C=CC(=O)N1CCC(n2ccc3c(C)cnc(-c4cccc(Oc5ccccc5)c4)c32)CC1.[CH2]c1ccc(O/C(C)=c2/c(=C\C=C)ccn2C2CN(C(=O)C=C(C)C)C2)cc1.[CH2]c1ccccc1. The number of ether oxygens (including phenoxy) is 2. The molecule has 2 aliphatic rings. The minimum absolute atomic E-state index is 0.0132. The first-order valence-electron chi connectivity index (χ1n) is 23.0. The van der Waals surface area contributed by atoms with E-state index in [0.29, 0.717) is 19.1 Å². The summed E-state index contributed by atoms with van der Waals surface area (Å²) in [7, 11) is 0. The second kappa shape index (κ2) is 22.7. The van der Waals surface area contributed by atoms with Crippen LogP contribution in [0.25, 0.3) is 34.0 Å². The van der Waals surface area contributed by atoms with Crippen LogP contribution in [-0.2, 0) is 9.59 Å². The summed E-state index contributed by atoms with van der Waals surface area (Å²) in [4.78, 5) is 32.8. The van der Waals surface area contributed by atoms with Crippen LogP contribution >= 0.6 is 0 Å². The molecule has 0 N–H and O–H groups in total. The molecule has 2 radical (unpaired) electrons. The molecule has 0 bridgehead atoms. The predicted molar refractivity (Wildman–Crippen MR) is 276 cm³/mol. The van der Waals surface area contributed by atoms with Crippen LogP contribution in [0.2, 0.25) is 0 Å². The third-order valence-electron chi connectivity index (χ3n) is 12.0. The van der Waals surface area contributed by atoms with Crippen molar-refractivity contribution >= 4 is 34.6 Å². The van der Waals surface area contributed by atoms with E-state index in [9.17, 15) is 9.59 Å². The molecule has 0 spiro atoms. The van der Waals surface area contributed by atoms with Crippen molar-refractivity contribution < 1.29 is 19.1 Å². The van der Waals surface area contributed by atoms with E-state index in [1.54, 1.807) is 12.2 Å². The fourth-order valence-corrected chi connectivity index (χ4v) is 8.47. The van der Waals surface area contributed by atoms with Crippen molar-refractivity contribution in [3.8, 4) is 28.5 Å². The topological polar surface area (TPSA) is 81.8 Å². The van der Waals surface area contributed by atoms with E-state index in [1.807, 2.05) is 146 Å². The average molecular weight is 904 g/mol. The van der Waals surface area contributed by atoms with Gasteiger partial charge in [0.05, 0.1) is 22.6 Å². The first kappa shape index (κ1) is 48.3. The van der Waals surface area contributed by atoms with Gasteiger partial charge in [-0.3, -0.25) is 14.6 Å². The summed E-state index contributed by atoms with van der Waals surface area (Å²) < 4.78 is 16.7. The van der Waals surface area contributed by atoms with Crippen LogP contribution in [0.4, 0.5) is 0 Å². The number of hydrogen-bond acceptors (Lipinski definition) is 5. The van der Waals surface area contributed by atoms with Crippen LogP contribution in [0.3, 0.4) is 0 Å². The summed E-state index contributed by atoms with van der Waals surface area (Å²) in [6.45, 7) is 25.9. The maximum absolute atomic E-state index is 12.2. The van der Waals surface area contributed by atoms with Gasteiger partial charge in [0, 0.05) is 73.1 Å². The molecule has 2 amide bonds. The van der Waals surface area contributed by atoms with Crippen molar-refractivity contribution in [1.29, 1.82) is 0 Å². The Hall–Kier alpha value is -7.65. The maximum atomic E-state index is 12.2. The molecular weight excluding hydrogens is 843 g/mol. The molecule has 0 saturated carbocycles. The summed E-state index contributed by atoms with van der Waals surface area (Å²) in [6, 6.07) is 40.3. The highest BCUT2D eigenvalue weighted by Crippen LogP contribution is 2.36. The second-order valence-electron chi connectivity index (χ2n) is 17.3. The highest BCUT2D eigenvalue weighted by Gasteiger charge is 2.31. The van der Waals surface area contributed by atoms with E-state index in [-0.39, 0.29) is 17.9 Å². The third kappa shape index (κ3) is 12.0. The largest absolute Gasteiger partial charge is 0.460 e. The fraction of sp³-hybridized carbons (Fsp3) is 0.203. The fourth-order valence-electron chi connectivity index (χ4n) is 8.47. The van der Waals surface area contributed by atoms with E-state index in [4.69, 9.17) is 14.5 Å². The third-order valence-corrected chi connectivity index (χ3v) is 12.0. The number of fused-ring (bicyclic) bond motifs is 1. The number of para-hydroxylation sites is 1. The molecule has 4 aromatic carbocycles. The smallest absolute Gasteiger partial charge is 0.246 e. The number of pyridine rings is 1. The summed E-state index contributed by atoms with van der Waals surface area (Å²) in [5.41, 5.74) is 7.30. The van der Waals surface area contributed by atoms with E-state index in [1.165, 1.54) is 11.5 Å². The number of aryl methyl sites for hydroxylation is 1. The molecule has 3 aromatic heterocycles. The van der Waals surface area contributed by atoms with E-state index < -0.39 is 0 Å². The molecule has 346 valence electrons. The van der Waals surface area contributed by atoms with Gasteiger partial charge in [0.15, 0.2) is 0 Å². The number of piperidine rings is 1. The number of rotatable bonds is 10. The van der Waals surface area contributed by atoms with Crippen LogP contribution < -0.4 is 20.0 Å². The van der Waals surface area contributed by atoms with Crippen molar-refractivity contribution in [2.24, 2.45) is 0 Å².